The average molecular weight is 283 g/mol. The highest BCUT2D eigenvalue weighted by atomic mass is 32.2. The van der Waals surface area contributed by atoms with E-state index in [-0.39, 0.29) is 17.3 Å². The van der Waals surface area contributed by atoms with Gasteiger partial charge in [0.15, 0.2) is 4.34 Å². The summed E-state index contributed by atoms with van der Waals surface area (Å²) in [5, 5.41) is 9.99. The average Bonchev–Trinajstić information content (AvgIpc) is 2.83. The topological polar surface area (TPSA) is 54.9 Å². The molecule has 1 aromatic heterocycles. The van der Waals surface area contributed by atoms with Crippen LogP contribution in [0, 0.1) is 12.7 Å². The van der Waals surface area contributed by atoms with Crippen LogP contribution in [0.25, 0.3) is 0 Å². The standard InChI is InChI=1S/C11H10FN3OS2/c1-7-2-3-9(8(12)4-7)14-10(16)5-17-11-15-13-6-18-11/h2-4,6H,5H2,1H3,(H,14,16). The molecule has 0 unspecified atom stereocenters. The number of carbonyl (C=O) groups is 1. The van der Waals surface area contributed by atoms with Crippen LogP contribution in [0.2, 0.25) is 0 Å². The first-order chi connectivity index (χ1) is 8.65. The number of benzene rings is 1. The van der Waals surface area contributed by atoms with E-state index in [2.05, 4.69) is 15.5 Å². The summed E-state index contributed by atoms with van der Waals surface area (Å²) < 4.78 is 14.2. The van der Waals surface area contributed by atoms with E-state index in [1.807, 2.05) is 0 Å². The predicted octanol–water partition coefficient (Wildman–Crippen LogP) is 2.72. The molecule has 0 saturated heterocycles. The number of rotatable bonds is 4. The quantitative estimate of drug-likeness (QED) is 0.877. The normalized spacial score (nSPS) is 10.3. The number of amides is 1. The van der Waals surface area contributed by atoms with E-state index in [1.165, 1.54) is 29.2 Å². The zero-order valence-corrected chi connectivity index (χ0v) is 11.1. The summed E-state index contributed by atoms with van der Waals surface area (Å²) in [6, 6.07) is 4.68. The van der Waals surface area contributed by atoms with E-state index in [9.17, 15) is 9.18 Å². The molecule has 0 bridgehead atoms. The number of hydrogen-bond acceptors (Lipinski definition) is 5. The molecule has 2 aromatic rings. The molecule has 2 rings (SSSR count). The Kier molecular flexibility index (Phi) is 4.27. The van der Waals surface area contributed by atoms with Crippen molar-refractivity contribution in [2.75, 3.05) is 11.1 Å². The van der Waals surface area contributed by atoms with Gasteiger partial charge in [-0.2, -0.15) is 0 Å². The van der Waals surface area contributed by atoms with Crippen molar-refractivity contribution in [1.82, 2.24) is 10.2 Å². The SMILES string of the molecule is Cc1ccc(NC(=O)CSc2nncs2)c(F)c1. The first kappa shape index (κ1) is 13.0. The second kappa shape index (κ2) is 5.92. The Bertz CT molecular complexity index is 545. The molecule has 0 radical (unpaired) electrons. The molecule has 1 amide bonds. The Morgan fingerprint density at radius 2 is 2.39 bits per heavy atom. The minimum atomic E-state index is -0.427. The number of halogens is 1. The van der Waals surface area contributed by atoms with Gasteiger partial charge in [0, 0.05) is 0 Å². The maximum atomic E-state index is 13.5. The highest BCUT2D eigenvalue weighted by Gasteiger charge is 2.08. The van der Waals surface area contributed by atoms with Crippen LogP contribution >= 0.6 is 23.1 Å². The zero-order valence-electron chi connectivity index (χ0n) is 9.51. The fourth-order valence-corrected chi connectivity index (χ4v) is 2.55. The largest absolute Gasteiger partial charge is 0.323 e. The van der Waals surface area contributed by atoms with Crippen molar-refractivity contribution in [2.24, 2.45) is 0 Å². The van der Waals surface area contributed by atoms with Gasteiger partial charge in [-0.25, -0.2) is 4.39 Å². The van der Waals surface area contributed by atoms with Crippen LogP contribution in [-0.2, 0) is 4.79 Å². The lowest BCUT2D eigenvalue weighted by Gasteiger charge is -2.06. The summed E-state index contributed by atoms with van der Waals surface area (Å²) in [6.45, 7) is 1.79. The molecule has 0 spiro atoms. The maximum Gasteiger partial charge on any atom is 0.234 e. The van der Waals surface area contributed by atoms with Gasteiger partial charge in [-0.05, 0) is 24.6 Å². The van der Waals surface area contributed by atoms with E-state index in [1.54, 1.807) is 24.6 Å². The first-order valence-electron chi connectivity index (χ1n) is 5.10. The third-order valence-electron chi connectivity index (χ3n) is 2.07. The highest BCUT2D eigenvalue weighted by Crippen LogP contribution is 2.20. The van der Waals surface area contributed by atoms with Crippen molar-refractivity contribution in [3.63, 3.8) is 0 Å². The molecule has 0 aliphatic carbocycles. The summed E-state index contributed by atoms with van der Waals surface area (Å²) in [5.74, 6) is -0.509. The molecule has 7 heteroatoms. The van der Waals surface area contributed by atoms with Gasteiger partial charge in [0.25, 0.3) is 0 Å². The third kappa shape index (κ3) is 3.51. The van der Waals surface area contributed by atoms with Crippen molar-refractivity contribution in [3.8, 4) is 0 Å². The number of nitrogens with one attached hydrogen (secondary N) is 1. The molecule has 1 aromatic carbocycles. The second-order valence-electron chi connectivity index (χ2n) is 3.52. The van der Waals surface area contributed by atoms with Crippen molar-refractivity contribution in [2.45, 2.75) is 11.3 Å². The highest BCUT2D eigenvalue weighted by molar-refractivity contribution is 8.01. The molecule has 0 atom stereocenters. The predicted molar refractivity (Wildman–Crippen MR) is 70.4 cm³/mol. The Balaban J connectivity index is 1.91. The van der Waals surface area contributed by atoms with Gasteiger partial charge >= 0.3 is 0 Å². The summed E-state index contributed by atoms with van der Waals surface area (Å²) in [6.07, 6.45) is 0. The monoisotopic (exact) mass is 283 g/mol. The number of nitrogens with zero attached hydrogens (tertiary/aromatic N) is 2. The van der Waals surface area contributed by atoms with Crippen LogP contribution in [0.4, 0.5) is 10.1 Å². The van der Waals surface area contributed by atoms with Crippen LogP contribution in [-0.4, -0.2) is 21.9 Å². The maximum absolute atomic E-state index is 13.5. The lowest BCUT2D eigenvalue weighted by Crippen LogP contribution is -2.15. The Morgan fingerprint density at radius 3 is 3.06 bits per heavy atom. The minimum absolute atomic E-state index is 0.183. The van der Waals surface area contributed by atoms with Gasteiger partial charge in [-0.1, -0.05) is 29.2 Å². The Morgan fingerprint density at radius 1 is 1.56 bits per heavy atom. The van der Waals surface area contributed by atoms with Crippen molar-refractivity contribution < 1.29 is 9.18 Å². The summed E-state index contributed by atoms with van der Waals surface area (Å²) in [5.41, 5.74) is 2.61. The van der Waals surface area contributed by atoms with Gasteiger partial charge in [-0.3, -0.25) is 4.79 Å². The number of hydrogen-bond donors (Lipinski definition) is 1. The van der Waals surface area contributed by atoms with Crippen LogP contribution in [0.5, 0.6) is 0 Å². The van der Waals surface area contributed by atoms with E-state index >= 15 is 0 Å². The first-order valence-corrected chi connectivity index (χ1v) is 6.96. The second-order valence-corrected chi connectivity index (χ2v) is 5.58. The van der Waals surface area contributed by atoms with Crippen molar-refractivity contribution in [1.29, 1.82) is 0 Å². The summed E-state index contributed by atoms with van der Waals surface area (Å²) in [7, 11) is 0. The van der Waals surface area contributed by atoms with E-state index < -0.39 is 5.82 Å². The summed E-state index contributed by atoms with van der Waals surface area (Å²) in [4.78, 5) is 11.6. The fourth-order valence-electron chi connectivity index (χ4n) is 1.26. The van der Waals surface area contributed by atoms with Crippen LogP contribution < -0.4 is 5.32 Å². The number of aryl methyl sites for hydroxylation is 1. The van der Waals surface area contributed by atoms with Crippen molar-refractivity contribution >= 4 is 34.7 Å². The van der Waals surface area contributed by atoms with Gasteiger partial charge in [0.1, 0.15) is 11.3 Å². The van der Waals surface area contributed by atoms with Gasteiger partial charge in [-0.15, -0.1) is 10.2 Å². The smallest absolute Gasteiger partial charge is 0.234 e. The lowest BCUT2D eigenvalue weighted by molar-refractivity contribution is -0.113. The molecule has 1 heterocycles. The van der Waals surface area contributed by atoms with Gasteiger partial charge in [0.05, 0.1) is 11.4 Å². The van der Waals surface area contributed by atoms with E-state index in [4.69, 9.17) is 0 Å². The molecule has 0 aliphatic heterocycles. The summed E-state index contributed by atoms with van der Waals surface area (Å²) >= 11 is 2.64. The molecule has 0 saturated carbocycles. The molecule has 94 valence electrons. The van der Waals surface area contributed by atoms with Gasteiger partial charge in [0.2, 0.25) is 5.91 Å². The van der Waals surface area contributed by atoms with Crippen LogP contribution in [0.1, 0.15) is 5.56 Å². The molecular weight excluding hydrogens is 273 g/mol. The Labute approximate surface area is 112 Å². The molecule has 18 heavy (non-hydrogen) atoms. The molecule has 0 fully saturated rings. The zero-order chi connectivity index (χ0) is 13.0. The molecule has 4 nitrogen and oxygen atoms in total. The van der Waals surface area contributed by atoms with Gasteiger partial charge < -0.3 is 5.32 Å². The lowest BCUT2D eigenvalue weighted by atomic mass is 10.2. The van der Waals surface area contributed by atoms with E-state index in [0.29, 0.717) is 0 Å². The number of aromatic nitrogens is 2. The fraction of sp³-hybridized carbons (Fsp3) is 0.182. The third-order valence-corrected chi connectivity index (χ3v) is 3.93. The van der Waals surface area contributed by atoms with Crippen LogP contribution in [0.15, 0.2) is 28.0 Å². The molecular formula is C11H10FN3OS2. The minimum Gasteiger partial charge on any atom is -0.323 e. The Hall–Kier alpha value is -1.47. The molecule has 0 aliphatic rings. The number of carbonyl (C=O) groups excluding carboxylic acids is 1. The van der Waals surface area contributed by atoms with Crippen LogP contribution in [0.3, 0.4) is 0 Å². The molecule has 1 N–H and O–H groups in total. The number of thioether (sulfide) groups is 1. The number of anilines is 1. The van der Waals surface area contributed by atoms with Crippen molar-refractivity contribution in [3.05, 3.63) is 35.1 Å². The van der Waals surface area contributed by atoms with E-state index in [0.717, 1.165) is 9.90 Å².